The molecule has 1 heterocycles. The first-order valence-electron chi connectivity index (χ1n) is 6.09. The Morgan fingerprint density at radius 1 is 1.56 bits per heavy atom. The van der Waals surface area contributed by atoms with Crippen LogP contribution in [0.15, 0.2) is 6.20 Å². The number of amides is 2. The SMILES string of the molecule is Cc1cnc(CCNC(=O)NC(C)C(C)CO)s1. The van der Waals surface area contributed by atoms with E-state index in [-0.39, 0.29) is 24.6 Å². The highest BCUT2D eigenvalue weighted by molar-refractivity contribution is 7.11. The van der Waals surface area contributed by atoms with E-state index >= 15 is 0 Å². The topological polar surface area (TPSA) is 74.2 Å². The zero-order valence-corrected chi connectivity index (χ0v) is 11.9. The molecule has 1 rings (SSSR count). The van der Waals surface area contributed by atoms with Crippen LogP contribution in [0, 0.1) is 12.8 Å². The van der Waals surface area contributed by atoms with Gasteiger partial charge in [-0.05, 0) is 19.8 Å². The van der Waals surface area contributed by atoms with Gasteiger partial charge in [0.2, 0.25) is 0 Å². The van der Waals surface area contributed by atoms with Crippen molar-refractivity contribution >= 4 is 17.4 Å². The molecule has 2 atom stereocenters. The minimum atomic E-state index is -0.198. The molecule has 102 valence electrons. The Morgan fingerprint density at radius 3 is 2.83 bits per heavy atom. The van der Waals surface area contributed by atoms with Crippen molar-refractivity contribution in [3.8, 4) is 0 Å². The highest BCUT2D eigenvalue weighted by atomic mass is 32.1. The van der Waals surface area contributed by atoms with Crippen LogP contribution in [0.4, 0.5) is 4.79 Å². The Kier molecular flexibility index (Phi) is 6.07. The third-order valence-electron chi connectivity index (χ3n) is 2.79. The van der Waals surface area contributed by atoms with Crippen molar-refractivity contribution in [3.05, 3.63) is 16.1 Å². The molecule has 18 heavy (non-hydrogen) atoms. The molecule has 2 amide bonds. The second-order valence-corrected chi connectivity index (χ2v) is 5.78. The van der Waals surface area contributed by atoms with E-state index in [0.717, 1.165) is 11.4 Å². The molecule has 2 unspecified atom stereocenters. The van der Waals surface area contributed by atoms with Gasteiger partial charge in [0.25, 0.3) is 0 Å². The van der Waals surface area contributed by atoms with E-state index in [0.29, 0.717) is 6.54 Å². The number of rotatable bonds is 6. The van der Waals surface area contributed by atoms with Gasteiger partial charge in [-0.1, -0.05) is 6.92 Å². The number of aromatic nitrogens is 1. The molecule has 0 aliphatic carbocycles. The summed E-state index contributed by atoms with van der Waals surface area (Å²) in [6, 6.07) is -0.242. The molecule has 1 aromatic heterocycles. The predicted molar refractivity (Wildman–Crippen MR) is 72.8 cm³/mol. The molecule has 0 aliphatic rings. The van der Waals surface area contributed by atoms with E-state index in [1.165, 1.54) is 4.88 Å². The lowest BCUT2D eigenvalue weighted by atomic mass is 10.1. The summed E-state index contributed by atoms with van der Waals surface area (Å²) in [6.07, 6.45) is 2.58. The highest BCUT2D eigenvalue weighted by Crippen LogP contribution is 2.10. The van der Waals surface area contributed by atoms with Gasteiger partial charge < -0.3 is 15.7 Å². The fraction of sp³-hybridized carbons (Fsp3) is 0.667. The second kappa shape index (κ2) is 7.33. The van der Waals surface area contributed by atoms with Crippen molar-refractivity contribution in [3.63, 3.8) is 0 Å². The van der Waals surface area contributed by atoms with Gasteiger partial charge in [-0.15, -0.1) is 11.3 Å². The van der Waals surface area contributed by atoms with Crippen molar-refractivity contribution in [1.82, 2.24) is 15.6 Å². The number of aliphatic hydroxyl groups is 1. The first kappa shape index (κ1) is 14.9. The lowest BCUT2D eigenvalue weighted by Gasteiger charge is -2.19. The smallest absolute Gasteiger partial charge is 0.315 e. The van der Waals surface area contributed by atoms with Crippen molar-refractivity contribution in [2.75, 3.05) is 13.2 Å². The van der Waals surface area contributed by atoms with Crippen LogP contribution in [-0.4, -0.2) is 35.3 Å². The highest BCUT2D eigenvalue weighted by Gasteiger charge is 2.13. The molecular weight excluding hydrogens is 250 g/mol. The first-order valence-corrected chi connectivity index (χ1v) is 6.91. The molecule has 0 saturated carbocycles. The van der Waals surface area contributed by atoms with Gasteiger partial charge in [0.05, 0.1) is 5.01 Å². The van der Waals surface area contributed by atoms with Crippen LogP contribution in [0.3, 0.4) is 0 Å². The molecule has 1 aromatic rings. The van der Waals surface area contributed by atoms with Crippen molar-refractivity contribution in [1.29, 1.82) is 0 Å². The van der Waals surface area contributed by atoms with Crippen molar-refractivity contribution in [2.24, 2.45) is 5.92 Å². The number of aryl methyl sites for hydroxylation is 1. The average Bonchev–Trinajstić information content (AvgIpc) is 2.73. The quantitative estimate of drug-likeness (QED) is 0.730. The molecule has 0 spiro atoms. The number of thiazole rings is 1. The first-order chi connectivity index (χ1) is 8.52. The van der Waals surface area contributed by atoms with Gasteiger partial charge in [-0.2, -0.15) is 0 Å². The lowest BCUT2D eigenvalue weighted by Crippen LogP contribution is -2.44. The molecule has 0 aromatic carbocycles. The summed E-state index contributed by atoms with van der Waals surface area (Å²) in [5.74, 6) is 0.0531. The monoisotopic (exact) mass is 271 g/mol. The number of carbonyl (C=O) groups is 1. The molecule has 6 heteroatoms. The third-order valence-corrected chi connectivity index (χ3v) is 3.77. The van der Waals surface area contributed by atoms with Crippen LogP contribution in [-0.2, 0) is 6.42 Å². The zero-order valence-electron chi connectivity index (χ0n) is 11.1. The normalized spacial score (nSPS) is 14.0. The van der Waals surface area contributed by atoms with E-state index in [2.05, 4.69) is 15.6 Å². The van der Waals surface area contributed by atoms with Crippen LogP contribution in [0.5, 0.6) is 0 Å². The van der Waals surface area contributed by atoms with E-state index in [1.54, 1.807) is 11.3 Å². The number of hydrogen-bond donors (Lipinski definition) is 3. The maximum Gasteiger partial charge on any atom is 0.315 e. The molecule has 3 N–H and O–H groups in total. The molecule has 0 fully saturated rings. The van der Waals surface area contributed by atoms with Gasteiger partial charge >= 0.3 is 6.03 Å². The van der Waals surface area contributed by atoms with E-state index < -0.39 is 0 Å². The number of aliphatic hydroxyl groups excluding tert-OH is 1. The van der Waals surface area contributed by atoms with Gasteiger partial charge in [-0.25, -0.2) is 9.78 Å². The summed E-state index contributed by atoms with van der Waals surface area (Å²) < 4.78 is 0. The Morgan fingerprint density at radius 2 is 2.28 bits per heavy atom. The van der Waals surface area contributed by atoms with Crippen LogP contribution >= 0.6 is 11.3 Å². The Balaban J connectivity index is 2.21. The second-order valence-electron chi connectivity index (χ2n) is 4.46. The van der Waals surface area contributed by atoms with Gasteiger partial charge in [0.1, 0.15) is 0 Å². The maximum absolute atomic E-state index is 11.5. The number of nitrogens with one attached hydrogen (secondary N) is 2. The summed E-state index contributed by atoms with van der Waals surface area (Å²) >= 11 is 1.65. The molecule has 5 nitrogen and oxygen atoms in total. The van der Waals surface area contributed by atoms with Crippen LogP contribution in [0.25, 0.3) is 0 Å². The Bertz CT molecular complexity index is 381. The third kappa shape index (κ3) is 5.01. The summed E-state index contributed by atoms with van der Waals surface area (Å²) in [7, 11) is 0. The Labute approximate surface area is 112 Å². The largest absolute Gasteiger partial charge is 0.396 e. The molecular formula is C12H21N3O2S. The number of urea groups is 1. The van der Waals surface area contributed by atoms with Gasteiger partial charge in [0, 0.05) is 36.7 Å². The van der Waals surface area contributed by atoms with Crippen LogP contribution in [0.2, 0.25) is 0 Å². The molecule has 0 aliphatic heterocycles. The van der Waals surface area contributed by atoms with Crippen molar-refractivity contribution in [2.45, 2.75) is 33.2 Å². The van der Waals surface area contributed by atoms with Gasteiger partial charge in [-0.3, -0.25) is 0 Å². The molecule has 0 bridgehead atoms. The minimum absolute atomic E-state index is 0.0443. The van der Waals surface area contributed by atoms with Crippen molar-refractivity contribution < 1.29 is 9.90 Å². The number of nitrogens with zero attached hydrogens (tertiary/aromatic N) is 1. The standard InChI is InChI=1S/C12H21N3O2S/c1-8(7-16)10(3)15-12(17)13-5-4-11-14-6-9(2)18-11/h6,8,10,16H,4-5,7H2,1-3H3,(H2,13,15,17). The predicted octanol–water partition coefficient (Wildman–Crippen LogP) is 1.31. The Hall–Kier alpha value is -1.14. The van der Waals surface area contributed by atoms with Crippen LogP contribution in [0.1, 0.15) is 23.7 Å². The lowest BCUT2D eigenvalue weighted by molar-refractivity contribution is 0.200. The van der Waals surface area contributed by atoms with E-state index in [1.807, 2.05) is 27.0 Å². The fourth-order valence-electron chi connectivity index (χ4n) is 1.36. The number of carbonyl (C=O) groups excluding carboxylic acids is 1. The van der Waals surface area contributed by atoms with Crippen LogP contribution < -0.4 is 10.6 Å². The van der Waals surface area contributed by atoms with E-state index in [4.69, 9.17) is 5.11 Å². The fourth-order valence-corrected chi connectivity index (χ4v) is 2.14. The minimum Gasteiger partial charge on any atom is -0.396 e. The number of hydrogen-bond acceptors (Lipinski definition) is 4. The summed E-state index contributed by atoms with van der Waals surface area (Å²) in [5, 5.41) is 15.6. The average molecular weight is 271 g/mol. The molecule has 0 saturated heterocycles. The van der Waals surface area contributed by atoms with E-state index in [9.17, 15) is 4.79 Å². The summed E-state index contributed by atoms with van der Waals surface area (Å²) in [4.78, 5) is 17.0. The summed E-state index contributed by atoms with van der Waals surface area (Å²) in [6.45, 7) is 6.42. The van der Waals surface area contributed by atoms with Gasteiger partial charge in [0.15, 0.2) is 0 Å². The molecule has 0 radical (unpaired) electrons. The zero-order chi connectivity index (χ0) is 13.5. The summed E-state index contributed by atoms with van der Waals surface area (Å²) in [5.41, 5.74) is 0. The maximum atomic E-state index is 11.5.